The largest absolute Gasteiger partial charge is 0.497 e. The minimum Gasteiger partial charge on any atom is -0.497 e. The Balaban J connectivity index is 1.66. The standard InChI is InChI=1S/C18H24N2O5/c1-23-13-5-6-16(24-2)15(9-13)20-11-12(8-17(20)21)18(22)19-10-14-4-3-7-25-14/h5-6,9,12,14H,3-4,7-8,10-11H2,1-2H3,(H,19,22)/t12-,14-/m0/s1. The molecule has 2 amide bonds. The maximum atomic E-state index is 12.4. The fourth-order valence-corrected chi connectivity index (χ4v) is 3.29. The summed E-state index contributed by atoms with van der Waals surface area (Å²) in [6, 6.07) is 5.28. The van der Waals surface area contributed by atoms with Gasteiger partial charge in [-0.05, 0) is 25.0 Å². The Hall–Kier alpha value is -2.28. The van der Waals surface area contributed by atoms with Crippen LogP contribution in [0.2, 0.25) is 0 Å². The Labute approximate surface area is 147 Å². The molecule has 0 aromatic heterocycles. The van der Waals surface area contributed by atoms with E-state index in [0.717, 1.165) is 19.4 Å². The third kappa shape index (κ3) is 3.87. The number of rotatable bonds is 6. The second-order valence-electron chi connectivity index (χ2n) is 6.32. The number of benzene rings is 1. The molecule has 7 heteroatoms. The molecule has 0 saturated carbocycles. The predicted molar refractivity (Wildman–Crippen MR) is 92.0 cm³/mol. The summed E-state index contributed by atoms with van der Waals surface area (Å²) in [6.45, 7) is 1.59. The van der Waals surface area contributed by atoms with E-state index in [1.165, 1.54) is 0 Å². The summed E-state index contributed by atoms with van der Waals surface area (Å²) >= 11 is 0. The predicted octanol–water partition coefficient (Wildman–Crippen LogP) is 1.35. The van der Waals surface area contributed by atoms with Crippen molar-refractivity contribution in [2.24, 2.45) is 5.92 Å². The van der Waals surface area contributed by atoms with Crippen LogP contribution in [0.15, 0.2) is 18.2 Å². The van der Waals surface area contributed by atoms with Gasteiger partial charge in [0.1, 0.15) is 11.5 Å². The first-order valence-corrected chi connectivity index (χ1v) is 8.54. The van der Waals surface area contributed by atoms with Crippen molar-refractivity contribution in [1.82, 2.24) is 5.32 Å². The van der Waals surface area contributed by atoms with Crippen molar-refractivity contribution in [2.45, 2.75) is 25.4 Å². The van der Waals surface area contributed by atoms with Crippen LogP contribution in [0.4, 0.5) is 5.69 Å². The summed E-state index contributed by atoms with van der Waals surface area (Å²) in [5.74, 6) is 0.645. The van der Waals surface area contributed by atoms with E-state index in [2.05, 4.69) is 5.32 Å². The monoisotopic (exact) mass is 348 g/mol. The lowest BCUT2D eigenvalue weighted by atomic mass is 10.1. The van der Waals surface area contributed by atoms with Crippen molar-refractivity contribution < 1.29 is 23.8 Å². The van der Waals surface area contributed by atoms with Crippen molar-refractivity contribution in [3.63, 3.8) is 0 Å². The van der Waals surface area contributed by atoms with E-state index in [1.54, 1.807) is 37.3 Å². The number of carbonyl (C=O) groups is 2. The summed E-state index contributed by atoms with van der Waals surface area (Å²) in [5, 5.41) is 2.91. The van der Waals surface area contributed by atoms with Crippen LogP contribution in [-0.2, 0) is 14.3 Å². The van der Waals surface area contributed by atoms with Gasteiger partial charge in [0.2, 0.25) is 11.8 Å². The summed E-state index contributed by atoms with van der Waals surface area (Å²) < 4.78 is 16.1. The maximum absolute atomic E-state index is 12.4. The molecule has 2 fully saturated rings. The maximum Gasteiger partial charge on any atom is 0.227 e. The Morgan fingerprint density at radius 2 is 2.20 bits per heavy atom. The lowest BCUT2D eigenvalue weighted by Crippen LogP contribution is -2.37. The van der Waals surface area contributed by atoms with Gasteiger partial charge >= 0.3 is 0 Å². The molecule has 7 nitrogen and oxygen atoms in total. The zero-order valence-corrected chi connectivity index (χ0v) is 14.6. The van der Waals surface area contributed by atoms with Crippen LogP contribution in [0.3, 0.4) is 0 Å². The minimum absolute atomic E-state index is 0.0932. The summed E-state index contributed by atoms with van der Waals surface area (Å²) in [4.78, 5) is 26.4. The van der Waals surface area contributed by atoms with Crippen LogP contribution in [0.1, 0.15) is 19.3 Å². The molecule has 0 unspecified atom stereocenters. The summed E-state index contributed by atoms with van der Waals surface area (Å²) in [7, 11) is 3.12. The van der Waals surface area contributed by atoms with Crippen molar-refractivity contribution in [1.29, 1.82) is 0 Å². The topological polar surface area (TPSA) is 77.1 Å². The molecule has 25 heavy (non-hydrogen) atoms. The molecule has 1 N–H and O–H groups in total. The van der Waals surface area contributed by atoms with Gasteiger partial charge in [0.15, 0.2) is 0 Å². The fraction of sp³-hybridized carbons (Fsp3) is 0.556. The van der Waals surface area contributed by atoms with Crippen molar-refractivity contribution in [3.8, 4) is 11.5 Å². The second-order valence-corrected chi connectivity index (χ2v) is 6.32. The molecule has 0 aliphatic carbocycles. The van der Waals surface area contributed by atoms with E-state index in [0.29, 0.717) is 30.3 Å². The Morgan fingerprint density at radius 3 is 2.88 bits per heavy atom. The number of carbonyl (C=O) groups excluding carboxylic acids is 2. The lowest BCUT2D eigenvalue weighted by Gasteiger charge is -2.20. The zero-order valence-electron chi connectivity index (χ0n) is 14.6. The number of amides is 2. The van der Waals surface area contributed by atoms with Gasteiger partial charge in [0.25, 0.3) is 0 Å². The third-order valence-corrected chi connectivity index (χ3v) is 4.70. The van der Waals surface area contributed by atoms with Crippen molar-refractivity contribution >= 4 is 17.5 Å². The third-order valence-electron chi connectivity index (χ3n) is 4.70. The van der Waals surface area contributed by atoms with Gasteiger partial charge in [-0.2, -0.15) is 0 Å². The molecule has 0 radical (unpaired) electrons. The van der Waals surface area contributed by atoms with E-state index < -0.39 is 0 Å². The highest BCUT2D eigenvalue weighted by Gasteiger charge is 2.36. The van der Waals surface area contributed by atoms with E-state index in [4.69, 9.17) is 14.2 Å². The molecule has 136 valence electrons. The number of hydrogen-bond donors (Lipinski definition) is 1. The highest BCUT2D eigenvalue weighted by molar-refractivity contribution is 6.01. The quantitative estimate of drug-likeness (QED) is 0.840. The number of ether oxygens (including phenoxy) is 3. The second kappa shape index (κ2) is 7.74. The van der Waals surface area contributed by atoms with Crippen LogP contribution in [-0.4, -0.2) is 51.8 Å². The van der Waals surface area contributed by atoms with Crippen molar-refractivity contribution in [2.75, 3.05) is 38.8 Å². The lowest BCUT2D eigenvalue weighted by molar-refractivity contribution is -0.126. The first kappa shape index (κ1) is 17.5. The van der Waals surface area contributed by atoms with E-state index in [9.17, 15) is 9.59 Å². The molecule has 2 aliphatic heterocycles. The molecule has 0 spiro atoms. The smallest absolute Gasteiger partial charge is 0.227 e. The van der Waals surface area contributed by atoms with Gasteiger partial charge < -0.3 is 24.4 Å². The fourth-order valence-electron chi connectivity index (χ4n) is 3.29. The van der Waals surface area contributed by atoms with Crippen LogP contribution in [0.25, 0.3) is 0 Å². The number of nitrogens with zero attached hydrogens (tertiary/aromatic N) is 1. The number of anilines is 1. The SMILES string of the molecule is COc1ccc(OC)c(N2C[C@@H](C(=O)NC[C@@H]3CCCO3)CC2=O)c1. The van der Waals surface area contributed by atoms with E-state index in [1.807, 2.05) is 0 Å². The molecule has 2 heterocycles. The summed E-state index contributed by atoms with van der Waals surface area (Å²) in [5.41, 5.74) is 0.626. The van der Waals surface area contributed by atoms with Crippen LogP contribution in [0.5, 0.6) is 11.5 Å². The van der Waals surface area contributed by atoms with Gasteiger partial charge in [-0.25, -0.2) is 0 Å². The van der Waals surface area contributed by atoms with Crippen LogP contribution in [0, 0.1) is 5.92 Å². The minimum atomic E-state index is -0.371. The molecule has 0 bridgehead atoms. The highest BCUT2D eigenvalue weighted by atomic mass is 16.5. The van der Waals surface area contributed by atoms with Gasteiger partial charge in [-0.3, -0.25) is 9.59 Å². The molecule has 3 rings (SSSR count). The van der Waals surface area contributed by atoms with Crippen LogP contribution >= 0.6 is 0 Å². The number of methoxy groups -OCH3 is 2. The molecule has 1 aromatic carbocycles. The Morgan fingerprint density at radius 1 is 1.36 bits per heavy atom. The van der Waals surface area contributed by atoms with Crippen LogP contribution < -0.4 is 19.7 Å². The first-order valence-electron chi connectivity index (χ1n) is 8.54. The van der Waals surface area contributed by atoms with Gasteiger partial charge in [0, 0.05) is 32.2 Å². The average Bonchev–Trinajstić information content (AvgIpc) is 3.28. The Kier molecular flexibility index (Phi) is 5.43. The number of hydrogen-bond acceptors (Lipinski definition) is 5. The number of nitrogens with one attached hydrogen (secondary N) is 1. The molecule has 2 aliphatic rings. The molecular weight excluding hydrogens is 324 g/mol. The van der Waals surface area contributed by atoms with Crippen molar-refractivity contribution in [3.05, 3.63) is 18.2 Å². The van der Waals surface area contributed by atoms with Gasteiger partial charge in [-0.15, -0.1) is 0 Å². The van der Waals surface area contributed by atoms with E-state index in [-0.39, 0.29) is 30.3 Å². The summed E-state index contributed by atoms with van der Waals surface area (Å²) in [6.07, 6.45) is 2.29. The molecular formula is C18H24N2O5. The normalized spacial score (nSPS) is 23.0. The van der Waals surface area contributed by atoms with E-state index >= 15 is 0 Å². The molecule has 2 saturated heterocycles. The zero-order chi connectivity index (χ0) is 17.8. The van der Waals surface area contributed by atoms with Gasteiger partial charge in [0.05, 0.1) is 31.9 Å². The first-order chi connectivity index (χ1) is 12.1. The molecule has 2 atom stereocenters. The molecule has 1 aromatic rings. The highest BCUT2D eigenvalue weighted by Crippen LogP contribution is 2.36. The Bertz CT molecular complexity index is 642. The average molecular weight is 348 g/mol. The van der Waals surface area contributed by atoms with Gasteiger partial charge in [-0.1, -0.05) is 0 Å².